The van der Waals surface area contributed by atoms with Gasteiger partial charge < -0.3 is 10.2 Å². The fourth-order valence-corrected chi connectivity index (χ4v) is 4.65. The highest BCUT2D eigenvalue weighted by Gasteiger charge is 2.25. The first-order valence-corrected chi connectivity index (χ1v) is 10.8. The largest absolute Gasteiger partial charge is 0.369 e. The normalized spacial score (nSPS) is 20.5. The Balaban J connectivity index is 1.40. The Labute approximate surface area is 167 Å². The minimum absolute atomic E-state index is 0.495. The van der Waals surface area contributed by atoms with Crippen molar-refractivity contribution in [1.82, 2.24) is 15.1 Å². The number of nitrogens with zero attached hydrogens (tertiary/aromatic N) is 3. The van der Waals surface area contributed by atoms with E-state index in [1.54, 1.807) is 0 Å². The summed E-state index contributed by atoms with van der Waals surface area (Å²) in [7, 11) is 0. The highest BCUT2D eigenvalue weighted by atomic mass is 15.3. The van der Waals surface area contributed by atoms with Gasteiger partial charge in [-0.2, -0.15) is 5.10 Å². The number of piperazine rings is 1. The average Bonchev–Trinajstić information content (AvgIpc) is 3.05. The third-order valence-electron chi connectivity index (χ3n) is 6.47. The van der Waals surface area contributed by atoms with Crippen molar-refractivity contribution in [2.24, 2.45) is 0 Å². The van der Waals surface area contributed by atoms with E-state index in [9.17, 15) is 0 Å². The van der Waals surface area contributed by atoms with Gasteiger partial charge in [0.1, 0.15) is 0 Å². The van der Waals surface area contributed by atoms with E-state index in [-0.39, 0.29) is 0 Å². The maximum absolute atomic E-state index is 4.97. The van der Waals surface area contributed by atoms with Crippen molar-refractivity contribution in [3.63, 3.8) is 0 Å². The molecule has 1 aliphatic heterocycles. The summed E-state index contributed by atoms with van der Waals surface area (Å²) in [5.41, 5.74) is 5.33. The van der Waals surface area contributed by atoms with Crippen LogP contribution in [-0.2, 0) is 12.8 Å². The van der Waals surface area contributed by atoms with Gasteiger partial charge >= 0.3 is 0 Å². The van der Waals surface area contributed by atoms with E-state index in [4.69, 9.17) is 5.10 Å². The number of aryl methyl sites for hydroxylation is 1. The molecule has 1 aromatic heterocycles. The molecule has 1 atom stereocenters. The summed E-state index contributed by atoms with van der Waals surface area (Å²) in [6, 6.07) is 18.9. The molecule has 2 heterocycles. The van der Waals surface area contributed by atoms with Crippen LogP contribution in [-0.4, -0.2) is 35.5 Å². The lowest BCUT2D eigenvalue weighted by molar-refractivity contribution is 0.296. The molecule has 0 radical (unpaired) electrons. The summed E-state index contributed by atoms with van der Waals surface area (Å²) in [6.07, 6.45) is 5.97. The Kier molecular flexibility index (Phi) is 4.81. The van der Waals surface area contributed by atoms with Crippen LogP contribution in [0.4, 0.5) is 5.69 Å². The lowest BCUT2D eigenvalue weighted by Gasteiger charge is -2.35. The molecule has 146 valence electrons. The summed E-state index contributed by atoms with van der Waals surface area (Å²) < 4.78 is 2.32. The maximum Gasteiger partial charge on any atom is 0.0709 e. The van der Waals surface area contributed by atoms with Gasteiger partial charge in [-0.25, -0.2) is 0 Å². The molecule has 1 saturated heterocycles. The van der Waals surface area contributed by atoms with E-state index in [1.807, 2.05) is 0 Å². The molecule has 2 fully saturated rings. The Bertz CT molecular complexity index is 942. The first kappa shape index (κ1) is 17.7. The van der Waals surface area contributed by atoms with Crippen molar-refractivity contribution in [2.75, 3.05) is 24.5 Å². The second-order valence-corrected chi connectivity index (χ2v) is 8.32. The Morgan fingerprint density at radius 3 is 2.71 bits per heavy atom. The highest BCUT2D eigenvalue weighted by Crippen LogP contribution is 2.36. The first-order chi connectivity index (χ1) is 13.8. The minimum atomic E-state index is 0.495. The standard InChI is InChI=1S/C24H30N4/c1-2-23-22-12-11-21(16-24(22)28(26-23)20-9-6-10-20)27-14-13-25-19(17-27)15-18-7-4-3-5-8-18/h3-5,7-8,11-12,16,19-20,25H,2,6,9-10,13-15,17H2,1H3. The molecule has 0 bridgehead atoms. The fourth-order valence-electron chi connectivity index (χ4n) is 4.65. The van der Waals surface area contributed by atoms with Crippen LogP contribution in [0.3, 0.4) is 0 Å². The van der Waals surface area contributed by atoms with E-state index in [0.29, 0.717) is 12.1 Å². The van der Waals surface area contributed by atoms with Crippen molar-refractivity contribution in [3.8, 4) is 0 Å². The molecule has 0 spiro atoms. The van der Waals surface area contributed by atoms with Gasteiger partial charge in [0.2, 0.25) is 0 Å². The summed E-state index contributed by atoms with van der Waals surface area (Å²) in [4.78, 5) is 2.55. The first-order valence-electron chi connectivity index (χ1n) is 10.8. The van der Waals surface area contributed by atoms with Crippen molar-refractivity contribution < 1.29 is 0 Å². The van der Waals surface area contributed by atoms with Crippen molar-refractivity contribution in [3.05, 3.63) is 59.8 Å². The van der Waals surface area contributed by atoms with Crippen LogP contribution in [0.5, 0.6) is 0 Å². The van der Waals surface area contributed by atoms with E-state index in [1.165, 1.54) is 47.1 Å². The molecular formula is C24H30N4. The average molecular weight is 375 g/mol. The highest BCUT2D eigenvalue weighted by molar-refractivity contribution is 5.85. The minimum Gasteiger partial charge on any atom is -0.369 e. The zero-order valence-corrected chi connectivity index (χ0v) is 16.8. The molecular weight excluding hydrogens is 344 g/mol. The molecule has 4 nitrogen and oxygen atoms in total. The zero-order valence-electron chi connectivity index (χ0n) is 16.8. The zero-order chi connectivity index (χ0) is 18.9. The van der Waals surface area contributed by atoms with Crippen LogP contribution < -0.4 is 10.2 Å². The lowest BCUT2D eigenvalue weighted by atomic mass is 9.93. The number of anilines is 1. The van der Waals surface area contributed by atoms with Gasteiger partial charge in [-0.3, -0.25) is 4.68 Å². The van der Waals surface area contributed by atoms with Gasteiger partial charge in [-0.05, 0) is 55.9 Å². The Morgan fingerprint density at radius 2 is 1.96 bits per heavy atom. The summed E-state index contributed by atoms with van der Waals surface area (Å²) in [6.45, 7) is 5.37. The number of aromatic nitrogens is 2. The molecule has 5 rings (SSSR count). The van der Waals surface area contributed by atoms with Gasteiger partial charge in [0.25, 0.3) is 0 Å². The second-order valence-electron chi connectivity index (χ2n) is 8.32. The summed E-state index contributed by atoms with van der Waals surface area (Å²) in [5, 5.41) is 10.0. The number of hydrogen-bond acceptors (Lipinski definition) is 3. The molecule has 2 aliphatic rings. The quantitative estimate of drug-likeness (QED) is 0.721. The van der Waals surface area contributed by atoms with Gasteiger partial charge in [0, 0.05) is 36.7 Å². The van der Waals surface area contributed by atoms with Crippen LogP contribution >= 0.6 is 0 Å². The molecule has 28 heavy (non-hydrogen) atoms. The second kappa shape index (κ2) is 7.59. The molecule has 4 heteroatoms. The van der Waals surface area contributed by atoms with E-state index in [2.05, 4.69) is 70.4 Å². The van der Waals surface area contributed by atoms with E-state index >= 15 is 0 Å². The smallest absolute Gasteiger partial charge is 0.0709 e. The van der Waals surface area contributed by atoms with Crippen molar-refractivity contribution >= 4 is 16.6 Å². The van der Waals surface area contributed by atoms with Gasteiger partial charge in [0.15, 0.2) is 0 Å². The predicted molar refractivity (Wildman–Crippen MR) is 116 cm³/mol. The van der Waals surface area contributed by atoms with Crippen LogP contribution in [0.25, 0.3) is 10.9 Å². The number of nitrogens with one attached hydrogen (secondary N) is 1. The van der Waals surface area contributed by atoms with E-state index < -0.39 is 0 Å². The maximum atomic E-state index is 4.97. The van der Waals surface area contributed by atoms with Gasteiger partial charge in [-0.1, -0.05) is 37.3 Å². The van der Waals surface area contributed by atoms with Crippen molar-refractivity contribution in [2.45, 2.75) is 51.1 Å². The molecule has 1 aliphatic carbocycles. The van der Waals surface area contributed by atoms with Crippen LogP contribution in [0.2, 0.25) is 0 Å². The van der Waals surface area contributed by atoms with Crippen LogP contribution in [0, 0.1) is 0 Å². The summed E-state index contributed by atoms with van der Waals surface area (Å²) in [5.74, 6) is 0. The lowest BCUT2D eigenvalue weighted by Crippen LogP contribution is -2.51. The third-order valence-corrected chi connectivity index (χ3v) is 6.47. The number of fused-ring (bicyclic) bond motifs is 1. The number of rotatable bonds is 5. The number of benzene rings is 2. The van der Waals surface area contributed by atoms with Crippen LogP contribution in [0.15, 0.2) is 48.5 Å². The third kappa shape index (κ3) is 3.30. The molecule has 3 aromatic rings. The molecule has 0 amide bonds. The van der Waals surface area contributed by atoms with Crippen LogP contribution in [0.1, 0.15) is 43.5 Å². The van der Waals surface area contributed by atoms with Gasteiger partial charge in [-0.15, -0.1) is 0 Å². The fraction of sp³-hybridized carbons (Fsp3) is 0.458. The van der Waals surface area contributed by atoms with Crippen molar-refractivity contribution in [1.29, 1.82) is 0 Å². The topological polar surface area (TPSA) is 33.1 Å². The Morgan fingerprint density at radius 1 is 1.11 bits per heavy atom. The molecule has 1 unspecified atom stereocenters. The summed E-state index contributed by atoms with van der Waals surface area (Å²) >= 11 is 0. The van der Waals surface area contributed by atoms with Gasteiger partial charge in [0.05, 0.1) is 17.3 Å². The molecule has 1 saturated carbocycles. The monoisotopic (exact) mass is 374 g/mol. The Hall–Kier alpha value is -2.33. The molecule has 1 N–H and O–H groups in total. The SMILES string of the molecule is CCc1nn(C2CCC2)c2cc(N3CCNC(Cc4ccccc4)C3)ccc12. The molecule has 2 aromatic carbocycles. The van der Waals surface area contributed by atoms with E-state index in [0.717, 1.165) is 32.5 Å². The number of hydrogen-bond donors (Lipinski definition) is 1. The predicted octanol–water partition coefficient (Wildman–Crippen LogP) is 4.34.